The minimum absolute atomic E-state index is 0.193. The van der Waals surface area contributed by atoms with Gasteiger partial charge in [-0.1, -0.05) is 0 Å². The summed E-state index contributed by atoms with van der Waals surface area (Å²) in [7, 11) is -3.59. The minimum Gasteiger partial charge on any atom is -0.494 e. The second kappa shape index (κ2) is 8.07. The highest BCUT2D eigenvalue weighted by molar-refractivity contribution is 7.89. The Kier molecular flexibility index (Phi) is 5.59. The molecule has 0 spiro atoms. The zero-order chi connectivity index (χ0) is 18.4. The number of imidazole rings is 1. The first-order valence-electron chi connectivity index (χ1n) is 8.11. The van der Waals surface area contributed by atoms with Gasteiger partial charge in [0.15, 0.2) is 11.6 Å². The van der Waals surface area contributed by atoms with Crippen LogP contribution in [0.4, 0.5) is 0 Å². The summed E-state index contributed by atoms with van der Waals surface area (Å²) in [6.45, 7) is 3.02. The zero-order valence-corrected chi connectivity index (χ0v) is 15.1. The summed E-state index contributed by atoms with van der Waals surface area (Å²) in [5.41, 5.74) is 0. The van der Waals surface area contributed by atoms with E-state index >= 15 is 0 Å². The number of aromatic nitrogens is 4. The molecule has 0 fully saturated rings. The van der Waals surface area contributed by atoms with Gasteiger partial charge in [-0.3, -0.25) is 0 Å². The van der Waals surface area contributed by atoms with Crippen LogP contribution in [0.25, 0.3) is 11.6 Å². The van der Waals surface area contributed by atoms with Gasteiger partial charge >= 0.3 is 0 Å². The lowest BCUT2D eigenvalue weighted by Crippen LogP contribution is -2.27. The van der Waals surface area contributed by atoms with Crippen molar-refractivity contribution in [3.63, 3.8) is 0 Å². The minimum atomic E-state index is -3.59. The van der Waals surface area contributed by atoms with E-state index in [1.807, 2.05) is 6.92 Å². The van der Waals surface area contributed by atoms with Crippen LogP contribution in [0.1, 0.15) is 6.92 Å². The smallest absolute Gasteiger partial charge is 0.240 e. The van der Waals surface area contributed by atoms with Crippen molar-refractivity contribution in [2.24, 2.45) is 0 Å². The maximum atomic E-state index is 12.4. The van der Waals surface area contributed by atoms with Gasteiger partial charge < -0.3 is 9.30 Å². The molecule has 0 atom stereocenters. The van der Waals surface area contributed by atoms with Crippen LogP contribution in [0.15, 0.2) is 60.0 Å². The monoisotopic (exact) mass is 373 g/mol. The second-order valence-electron chi connectivity index (χ2n) is 5.32. The van der Waals surface area contributed by atoms with E-state index in [0.717, 1.165) is 0 Å². The summed E-state index contributed by atoms with van der Waals surface area (Å²) in [4.78, 5) is 12.8. The van der Waals surface area contributed by atoms with Crippen LogP contribution >= 0.6 is 0 Å². The van der Waals surface area contributed by atoms with Gasteiger partial charge in [0.2, 0.25) is 10.0 Å². The molecular weight excluding hydrogens is 354 g/mol. The number of nitrogens with zero attached hydrogens (tertiary/aromatic N) is 4. The van der Waals surface area contributed by atoms with Gasteiger partial charge in [0.25, 0.3) is 0 Å². The lowest BCUT2D eigenvalue weighted by atomic mass is 10.3. The van der Waals surface area contributed by atoms with Crippen LogP contribution in [0.5, 0.6) is 5.75 Å². The van der Waals surface area contributed by atoms with Gasteiger partial charge in [0.1, 0.15) is 5.75 Å². The normalized spacial score (nSPS) is 11.4. The van der Waals surface area contributed by atoms with E-state index in [4.69, 9.17) is 4.74 Å². The van der Waals surface area contributed by atoms with Crippen molar-refractivity contribution in [1.29, 1.82) is 0 Å². The van der Waals surface area contributed by atoms with Gasteiger partial charge in [-0.15, -0.1) is 0 Å². The lowest BCUT2D eigenvalue weighted by molar-refractivity contribution is 0.340. The van der Waals surface area contributed by atoms with Crippen LogP contribution in [-0.4, -0.2) is 41.1 Å². The molecule has 0 amide bonds. The second-order valence-corrected chi connectivity index (χ2v) is 7.09. The molecule has 0 aliphatic heterocycles. The van der Waals surface area contributed by atoms with E-state index in [-0.39, 0.29) is 11.4 Å². The average molecular weight is 373 g/mol. The van der Waals surface area contributed by atoms with Gasteiger partial charge in [0, 0.05) is 37.9 Å². The zero-order valence-electron chi connectivity index (χ0n) is 14.2. The SMILES string of the molecule is CCOc1ccc(S(=O)(=O)NCCn2ccnc2-c2ncccn2)cc1. The van der Waals surface area contributed by atoms with Crippen molar-refractivity contribution >= 4 is 10.0 Å². The molecule has 3 aromatic rings. The van der Waals surface area contributed by atoms with E-state index in [2.05, 4.69) is 19.7 Å². The van der Waals surface area contributed by atoms with Crippen LogP contribution in [0, 0.1) is 0 Å². The number of benzene rings is 1. The van der Waals surface area contributed by atoms with Crippen molar-refractivity contribution in [3.05, 3.63) is 55.1 Å². The topological polar surface area (TPSA) is 99.0 Å². The molecule has 8 nitrogen and oxygen atoms in total. The molecule has 0 bridgehead atoms. The fourth-order valence-corrected chi connectivity index (χ4v) is 3.40. The molecule has 9 heteroatoms. The quantitative estimate of drug-likeness (QED) is 0.645. The predicted octanol–water partition coefficient (Wildman–Crippen LogP) is 1.72. The summed E-state index contributed by atoms with van der Waals surface area (Å²) in [5, 5.41) is 0. The molecular formula is C17H19N5O3S. The first-order chi connectivity index (χ1) is 12.6. The summed E-state index contributed by atoms with van der Waals surface area (Å²) in [6, 6.07) is 8.04. The molecule has 0 saturated heterocycles. The molecule has 0 saturated carbocycles. The van der Waals surface area contributed by atoms with Gasteiger partial charge in [-0.25, -0.2) is 28.1 Å². The molecule has 0 aliphatic rings. The Morgan fingerprint density at radius 2 is 1.81 bits per heavy atom. The van der Waals surface area contributed by atoms with Crippen molar-refractivity contribution in [3.8, 4) is 17.4 Å². The van der Waals surface area contributed by atoms with Crippen molar-refractivity contribution in [2.45, 2.75) is 18.4 Å². The van der Waals surface area contributed by atoms with Crippen molar-refractivity contribution < 1.29 is 13.2 Å². The Morgan fingerprint density at radius 1 is 1.08 bits per heavy atom. The number of hydrogen-bond donors (Lipinski definition) is 1. The highest BCUT2D eigenvalue weighted by Gasteiger charge is 2.14. The highest BCUT2D eigenvalue weighted by Crippen LogP contribution is 2.16. The Morgan fingerprint density at radius 3 is 2.50 bits per heavy atom. The Balaban J connectivity index is 1.64. The van der Waals surface area contributed by atoms with Crippen LogP contribution in [0.3, 0.4) is 0 Å². The number of nitrogens with one attached hydrogen (secondary N) is 1. The van der Waals surface area contributed by atoms with E-state index in [1.54, 1.807) is 47.6 Å². The summed E-state index contributed by atoms with van der Waals surface area (Å²) >= 11 is 0. The van der Waals surface area contributed by atoms with Gasteiger partial charge in [0.05, 0.1) is 11.5 Å². The molecule has 2 aromatic heterocycles. The van der Waals surface area contributed by atoms with Crippen molar-refractivity contribution in [1.82, 2.24) is 24.2 Å². The third-order valence-corrected chi connectivity index (χ3v) is 5.05. The third-order valence-electron chi connectivity index (χ3n) is 3.57. The number of rotatable bonds is 8. The standard InChI is InChI=1S/C17H19N5O3S/c1-2-25-14-4-6-15(7-5-14)26(23,24)21-11-13-22-12-10-20-17(22)16-18-8-3-9-19-16/h3-10,12,21H,2,11,13H2,1H3. The number of ether oxygens (including phenoxy) is 1. The fourth-order valence-electron chi connectivity index (χ4n) is 2.38. The maximum absolute atomic E-state index is 12.4. The molecule has 0 unspecified atom stereocenters. The van der Waals surface area contributed by atoms with E-state index < -0.39 is 10.0 Å². The molecule has 2 heterocycles. The Hall–Kier alpha value is -2.78. The molecule has 26 heavy (non-hydrogen) atoms. The number of hydrogen-bond acceptors (Lipinski definition) is 6. The lowest BCUT2D eigenvalue weighted by Gasteiger charge is -2.10. The molecule has 3 rings (SSSR count). The third kappa shape index (κ3) is 4.24. The first kappa shape index (κ1) is 18.0. The highest BCUT2D eigenvalue weighted by atomic mass is 32.2. The molecule has 0 radical (unpaired) electrons. The molecule has 136 valence electrons. The van der Waals surface area contributed by atoms with Gasteiger partial charge in [-0.05, 0) is 37.3 Å². The van der Waals surface area contributed by atoms with E-state index in [0.29, 0.717) is 30.5 Å². The first-order valence-corrected chi connectivity index (χ1v) is 9.59. The Bertz CT molecular complexity index is 940. The Labute approximate surface area is 152 Å². The predicted molar refractivity (Wildman–Crippen MR) is 96.1 cm³/mol. The molecule has 1 N–H and O–H groups in total. The van der Waals surface area contributed by atoms with E-state index in [1.165, 1.54) is 12.1 Å². The molecule has 1 aromatic carbocycles. The van der Waals surface area contributed by atoms with E-state index in [9.17, 15) is 8.42 Å². The van der Waals surface area contributed by atoms with Gasteiger partial charge in [-0.2, -0.15) is 0 Å². The largest absolute Gasteiger partial charge is 0.494 e. The fraction of sp³-hybridized carbons (Fsp3) is 0.235. The maximum Gasteiger partial charge on any atom is 0.240 e. The summed E-state index contributed by atoms with van der Waals surface area (Å²) < 4.78 is 34.5. The summed E-state index contributed by atoms with van der Waals surface area (Å²) in [5.74, 6) is 1.72. The summed E-state index contributed by atoms with van der Waals surface area (Å²) in [6.07, 6.45) is 6.66. The van der Waals surface area contributed by atoms with Crippen LogP contribution in [0.2, 0.25) is 0 Å². The van der Waals surface area contributed by atoms with Crippen molar-refractivity contribution in [2.75, 3.05) is 13.2 Å². The average Bonchev–Trinajstić information content (AvgIpc) is 3.12. The number of sulfonamides is 1. The van der Waals surface area contributed by atoms with Crippen LogP contribution < -0.4 is 9.46 Å². The van der Waals surface area contributed by atoms with Crippen LogP contribution in [-0.2, 0) is 16.6 Å². The molecule has 0 aliphatic carbocycles.